The standard InChI is InChI=1S/C13H19N3O3.C7H6BrNO3/c1-3-14-6-8-15(9-7-14)12-5-4-11(16(17)18)10-13(12)19-2;1-12-7-4-5(9(10)11)2-3-6(7)8/h4-5,10H,3,6-9H2,1-2H3;2-4H,1H3. The van der Waals surface area contributed by atoms with Crippen LogP contribution in [0.4, 0.5) is 17.1 Å². The lowest BCUT2D eigenvalue weighted by Gasteiger charge is -2.36. The molecule has 168 valence electrons. The Morgan fingerprint density at radius 3 is 1.90 bits per heavy atom. The second-order valence-corrected chi connectivity index (χ2v) is 7.46. The van der Waals surface area contributed by atoms with Crippen LogP contribution in [0.3, 0.4) is 0 Å². The fourth-order valence-corrected chi connectivity index (χ4v) is 3.52. The Labute approximate surface area is 188 Å². The smallest absolute Gasteiger partial charge is 0.273 e. The summed E-state index contributed by atoms with van der Waals surface area (Å²) in [6, 6.07) is 9.15. The summed E-state index contributed by atoms with van der Waals surface area (Å²) in [4.78, 5) is 24.8. The van der Waals surface area contributed by atoms with Crippen molar-refractivity contribution in [3.63, 3.8) is 0 Å². The van der Waals surface area contributed by atoms with Gasteiger partial charge in [-0.15, -0.1) is 0 Å². The third-order valence-corrected chi connectivity index (χ3v) is 5.53. The number of ether oxygens (including phenoxy) is 2. The first-order chi connectivity index (χ1) is 14.8. The molecule has 11 heteroatoms. The van der Waals surface area contributed by atoms with Gasteiger partial charge in [0.05, 0.1) is 46.4 Å². The molecule has 0 saturated carbocycles. The molecule has 0 aromatic heterocycles. The fourth-order valence-electron chi connectivity index (χ4n) is 3.11. The number of halogens is 1. The Morgan fingerprint density at radius 2 is 1.42 bits per heavy atom. The van der Waals surface area contributed by atoms with E-state index in [2.05, 4.69) is 32.7 Å². The number of benzene rings is 2. The molecule has 10 nitrogen and oxygen atoms in total. The average Bonchev–Trinajstić information content (AvgIpc) is 2.79. The molecule has 2 aromatic carbocycles. The molecule has 1 saturated heterocycles. The van der Waals surface area contributed by atoms with E-state index in [4.69, 9.17) is 9.47 Å². The van der Waals surface area contributed by atoms with E-state index in [0.29, 0.717) is 16.0 Å². The highest BCUT2D eigenvalue weighted by molar-refractivity contribution is 9.10. The molecule has 1 aliphatic rings. The lowest BCUT2D eigenvalue weighted by Crippen LogP contribution is -2.46. The summed E-state index contributed by atoms with van der Waals surface area (Å²) >= 11 is 3.19. The van der Waals surface area contributed by atoms with Crippen LogP contribution in [0.1, 0.15) is 6.92 Å². The molecule has 0 bridgehead atoms. The summed E-state index contributed by atoms with van der Waals surface area (Å²) in [5.41, 5.74) is 1.02. The van der Waals surface area contributed by atoms with Crippen LogP contribution in [0, 0.1) is 20.2 Å². The predicted molar refractivity (Wildman–Crippen MR) is 121 cm³/mol. The van der Waals surface area contributed by atoms with Crippen LogP contribution in [-0.2, 0) is 0 Å². The number of nitro benzene ring substituents is 2. The van der Waals surface area contributed by atoms with Gasteiger partial charge in [0.2, 0.25) is 0 Å². The second kappa shape index (κ2) is 11.5. The van der Waals surface area contributed by atoms with Crippen LogP contribution in [0.25, 0.3) is 0 Å². The molecule has 31 heavy (non-hydrogen) atoms. The van der Waals surface area contributed by atoms with Crippen molar-refractivity contribution in [1.82, 2.24) is 4.90 Å². The highest BCUT2D eigenvalue weighted by atomic mass is 79.9. The number of nitrogens with zero attached hydrogens (tertiary/aromatic N) is 4. The minimum absolute atomic E-state index is 0.0232. The molecule has 2 aromatic rings. The molecule has 1 fully saturated rings. The van der Waals surface area contributed by atoms with Crippen molar-refractivity contribution in [2.75, 3.05) is 51.8 Å². The number of nitro groups is 2. The highest BCUT2D eigenvalue weighted by Gasteiger charge is 2.20. The summed E-state index contributed by atoms with van der Waals surface area (Å²) in [5, 5.41) is 21.1. The SMILES string of the molecule is CCN1CCN(c2ccc([N+](=O)[O-])cc2OC)CC1.COc1cc([N+](=O)[O-])ccc1Br. The van der Waals surface area contributed by atoms with Crippen molar-refractivity contribution in [3.05, 3.63) is 61.1 Å². The number of anilines is 1. The summed E-state index contributed by atoms with van der Waals surface area (Å²) in [6.45, 7) is 7.07. The summed E-state index contributed by atoms with van der Waals surface area (Å²) in [6.07, 6.45) is 0. The summed E-state index contributed by atoms with van der Waals surface area (Å²) < 4.78 is 10.9. The van der Waals surface area contributed by atoms with E-state index in [1.54, 1.807) is 19.2 Å². The number of rotatable bonds is 6. The Balaban J connectivity index is 0.000000245. The molecule has 0 atom stereocenters. The Morgan fingerprint density at radius 1 is 0.903 bits per heavy atom. The van der Waals surface area contributed by atoms with Gasteiger partial charge in [0.25, 0.3) is 11.4 Å². The van der Waals surface area contributed by atoms with Crippen LogP contribution in [0.5, 0.6) is 11.5 Å². The van der Waals surface area contributed by atoms with Gasteiger partial charge in [-0.25, -0.2) is 0 Å². The number of hydrogen-bond acceptors (Lipinski definition) is 8. The monoisotopic (exact) mass is 496 g/mol. The topological polar surface area (TPSA) is 111 Å². The lowest BCUT2D eigenvalue weighted by atomic mass is 10.2. The normalized spacial score (nSPS) is 13.7. The first kappa shape index (κ1) is 24.4. The summed E-state index contributed by atoms with van der Waals surface area (Å²) in [5.74, 6) is 1.03. The van der Waals surface area contributed by atoms with E-state index >= 15 is 0 Å². The molecule has 0 spiro atoms. The molecule has 0 N–H and O–H groups in total. The van der Waals surface area contributed by atoms with Crippen molar-refractivity contribution in [1.29, 1.82) is 0 Å². The first-order valence-electron chi connectivity index (χ1n) is 9.58. The van der Waals surface area contributed by atoms with E-state index in [1.165, 1.54) is 31.4 Å². The quantitative estimate of drug-likeness (QED) is 0.433. The number of piperazine rings is 1. The van der Waals surface area contributed by atoms with Gasteiger partial charge in [0.1, 0.15) is 11.5 Å². The van der Waals surface area contributed by atoms with Crippen LogP contribution in [0.2, 0.25) is 0 Å². The van der Waals surface area contributed by atoms with Gasteiger partial charge in [-0.3, -0.25) is 20.2 Å². The van der Waals surface area contributed by atoms with E-state index in [1.807, 2.05) is 0 Å². The molecule has 1 heterocycles. The van der Waals surface area contributed by atoms with E-state index in [0.717, 1.165) is 38.4 Å². The van der Waals surface area contributed by atoms with Crippen molar-refractivity contribution >= 4 is 33.0 Å². The van der Waals surface area contributed by atoms with Crippen molar-refractivity contribution in [2.24, 2.45) is 0 Å². The van der Waals surface area contributed by atoms with Gasteiger partial charge < -0.3 is 19.3 Å². The molecular formula is C20H25BrN4O6. The zero-order chi connectivity index (χ0) is 23.0. The Bertz CT molecular complexity index is 919. The molecule has 3 rings (SSSR count). The molecule has 0 unspecified atom stereocenters. The molecule has 0 aliphatic carbocycles. The molecular weight excluding hydrogens is 472 g/mol. The third kappa shape index (κ3) is 6.53. The Kier molecular flexibility index (Phi) is 9.01. The zero-order valence-electron chi connectivity index (χ0n) is 17.6. The maximum absolute atomic E-state index is 10.8. The van der Waals surface area contributed by atoms with Crippen molar-refractivity contribution in [2.45, 2.75) is 6.92 Å². The fraction of sp³-hybridized carbons (Fsp3) is 0.400. The minimum Gasteiger partial charge on any atom is -0.495 e. The van der Waals surface area contributed by atoms with E-state index in [-0.39, 0.29) is 11.4 Å². The Hall–Kier alpha value is -2.92. The molecule has 1 aliphatic heterocycles. The van der Waals surface area contributed by atoms with Crippen LogP contribution < -0.4 is 14.4 Å². The van der Waals surface area contributed by atoms with Crippen LogP contribution >= 0.6 is 15.9 Å². The highest BCUT2D eigenvalue weighted by Crippen LogP contribution is 2.32. The maximum Gasteiger partial charge on any atom is 0.273 e. The number of likely N-dealkylation sites (N-methyl/N-ethyl adjacent to an activating group) is 1. The molecule has 0 amide bonds. The average molecular weight is 497 g/mol. The van der Waals surface area contributed by atoms with Gasteiger partial charge in [-0.05, 0) is 34.6 Å². The first-order valence-corrected chi connectivity index (χ1v) is 10.4. The number of hydrogen-bond donors (Lipinski definition) is 0. The predicted octanol–water partition coefficient (Wildman–Crippen LogP) is 4.11. The number of methoxy groups -OCH3 is 2. The second-order valence-electron chi connectivity index (χ2n) is 6.61. The van der Waals surface area contributed by atoms with Crippen LogP contribution in [-0.4, -0.2) is 61.7 Å². The van der Waals surface area contributed by atoms with Gasteiger partial charge >= 0.3 is 0 Å². The zero-order valence-corrected chi connectivity index (χ0v) is 19.2. The minimum atomic E-state index is -0.463. The van der Waals surface area contributed by atoms with Gasteiger partial charge in [-0.2, -0.15) is 0 Å². The van der Waals surface area contributed by atoms with Crippen LogP contribution in [0.15, 0.2) is 40.9 Å². The van der Waals surface area contributed by atoms with Crippen molar-refractivity contribution < 1.29 is 19.3 Å². The lowest BCUT2D eigenvalue weighted by molar-refractivity contribution is -0.385. The van der Waals surface area contributed by atoms with Crippen molar-refractivity contribution in [3.8, 4) is 11.5 Å². The van der Waals surface area contributed by atoms with Gasteiger partial charge in [0.15, 0.2) is 0 Å². The largest absolute Gasteiger partial charge is 0.495 e. The summed E-state index contributed by atoms with van der Waals surface area (Å²) in [7, 11) is 3.01. The van der Waals surface area contributed by atoms with E-state index < -0.39 is 9.85 Å². The van der Waals surface area contributed by atoms with Gasteiger partial charge in [-0.1, -0.05) is 6.92 Å². The third-order valence-electron chi connectivity index (χ3n) is 4.88. The van der Waals surface area contributed by atoms with E-state index in [9.17, 15) is 20.2 Å². The van der Waals surface area contributed by atoms with Gasteiger partial charge in [0, 0.05) is 38.3 Å². The molecule has 0 radical (unpaired) electrons. The maximum atomic E-state index is 10.8. The number of non-ortho nitro benzene ring substituents is 2.